The van der Waals surface area contributed by atoms with Crippen molar-refractivity contribution >= 4 is 28.1 Å². The van der Waals surface area contributed by atoms with Crippen molar-refractivity contribution < 1.29 is 9.53 Å². The van der Waals surface area contributed by atoms with E-state index in [4.69, 9.17) is 10.5 Å². The first kappa shape index (κ1) is 14.6. The maximum absolute atomic E-state index is 12.5. The van der Waals surface area contributed by atoms with Crippen LogP contribution in [0.1, 0.15) is 10.4 Å². The van der Waals surface area contributed by atoms with Crippen molar-refractivity contribution in [2.75, 3.05) is 18.2 Å². The highest BCUT2D eigenvalue weighted by atomic mass is 16.5. The predicted octanol–water partition coefficient (Wildman–Crippen LogP) is 2.37. The summed E-state index contributed by atoms with van der Waals surface area (Å²) >= 11 is 0. The quantitative estimate of drug-likeness (QED) is 0.692. The van der Waals surface area contributed by atoms with Crippen LogP contribution in [0.4, 0.5) is 11.4 Å². The molecule has 4 N–H and O–H groups in total. The third-order valence-corrected chi connectivity index (χ3v) is 3.54. The summed E-state index contributed by atoms with van der Waals surface area (Å²) in [6.07, 6.45) is 1.42. The Morgan fingerprint density at radius 1 is 1.17 bits per heavy atom. The Hall–Kier alpha value is -3.28. The maximum Gasteiger partial charge on any atom is 0.273 e. The summed E-state index contributed by atoms with van der Waals surface area (Å²) in [6, 6.07) is 12.6. The Balaban J connectivity index is 2.05. The molecule has 0 unspecified atom stereocenters. The molecule has 6 heteroatoms. The summed E-state index contributed by atoms with van der Waals surface area (Å²) in [4.78, 5) is 26.8. The number of methoxy groups -OCH3 is 1. The highest BCUT2D eigenvalue weighted by molar-refractivity contribution is 6.09. The zero-order chi connectivity index (χ0) is 16.4. The van der Waals surface area contributed by atoms with Crippen LogP contribution in [0.15, 0.2) is 53.5 Å². The maximum atomic E-state index is 12.5. The summed E-state index contributed by atoms with van der Waals surface area (Å²) in [5.41, 5.74) is 5.83. The van der Waals surface area contributed by atoms with E-state index in [9.17, 15) is 9.59 Å². The molecule has 23 heavy (non-hydrogen) atoms. The second-order valence-corrected chi connectivity index (χ2v) is 4.99. The van der Waals surface area contributed by atoms with E-state index in [1.165, 1.54) is 19.4 Å². The van der Waals surface area contributed by atoms with Crippen LogP contribution in [0.3, 0.4) is 0 Å². The van der Waals surface area contributed by atoms with E-state index in [0.717, 1.165) is 10.8 Å². The SMILES string of the molecule is COc1cc2ccccc2cc1C(=O)Nc1c(N)cc[nH]c1=O. The number of H-pyrrole nitrogens is 1. The zero-order valence-electron chi connectivity index (χ0n) is 12.4. The lowest BCUT2D eigenvalue weighted by molar-refractivity contribution is 0.102. The molecule has 0 saturated heterocycles. The number of amides is 1. The topological polar surface area (TPSA) is 97.2 Å². The number of nitrogens with two attached hydrogens (primary N) is 1. The van der Waals surface area contributed by atoms with E-state index in [1.54, 1.807) is 12.1 Å². The van der Waals surface area contributed by atoms with E-state index in [2.05, 4.69) is 10.3 Å². The Bertz CT molecular complexity index is 947. The van der Waals surface area contributed by atoms with Crippen LogP contribution in [-0.2, 0) is 0 Å². The molecule has 1 amide bonds. The van der Waals surface area contributed by atoms with E-state index in [-0.39, 0.29) is 11.4 Å². The average Bonchev–Trinajstić information content (AvgIpc) is 2.56. The molecule has 0 spiro atoms. The van der Waals surface area contributed by atoms with Gasteiger partial charge in [-0.2, -0.15) is 0 Å². The molecule has 0 aliphatic heterocycles. The number of nitrogens with one attached hydrogen (secondary N) is 2. The molecule has 0 fully saturated rings. The highest BCUT2D eigenvalue weighted by Gasteiger charge is 2.16. The van der Waals surface area contributed by atoms with E-state index < -0.39 is 11.5 Å². The molecule has 2 aromatic carbocycles. The number of benzene rings is 2. The summed E-state index contributed by atoms with van der Waals surface area (Å²) in [5, 5.41) is 4.40. The number of carbonyl (C=O) groups excluding carboxylic acids is 1. The highest BCUT2D eigenvalue weighted by Crippen LogP contribution is 2.27. The normalized spacial score (nSPS) is 10.5. The van der Waals surface area contributed by atoms with Crippen LogP contribution >= 0.6 is 0 Å². The number of hydrogen-bond acceptors (Lipinski definition) is 4. The van der Waals surface area contributed by atoms with Gasteiger partial charge in [-0.3, -0.25) is 9.59 Å². The Labute approximate surface area is 131 Å². The Kier molecular flexibility index (Phi) is 3.72. The number of pyridine rings is 1. The molecule has 0 aliphatic rings. The predicted molar refractivity (Wildman–Crippen MR) is 89.9 cm³/mol. The third-order valence-electron chi connectivity index (χ3n) is 3.54. The van der Waals surface area contributed by atoms with Gasteiger partial charge >= 0.3 is 0 Å². The summed E-state index contributed by atoms with van der Waals surface area (Å²) in [5.74, 6) is -0.0388. The Morgan fingerprint density at radius 3 is 2.52 bits per heavy atom. The van der Waals surface area contributed by atoms with Crippen molar-refractivity contribution in [3.05, 3.63) is 64.6 Å². The number of nitrogen functional groups attached to an aromatic ring is 1. The summed E-state index contributed by atoms with van der Waals surface area (Å²) < 4.78 is 5.29. The molecule has 3 aromatic rings. The third kappa shape index (κ3) is 2.74. The lowest BCUT2D eigenvalue weighted by atomic mass is 10.1. The fourth-order valence-corrected chi connectivity index (χ4v) is 2.37. The first-order valence-corrected chi connectivity index (χ1v) is 6.95. The van der Waals surface area contributed by atoms with Gasteiger partial charge in [0, 0.05) is 6.20 Å². The van der Waals surface area contributed by atoms with Crippen molar-refractivity contribution in [1.29, 1.82) is 0 Å². The van der Waals surface area contributed by atoms with Crippen LogP contribution in [0.25, 0.3) is 10.8 Å². The fraction of sp³-hybridized carbons (Fsp3) is 0.0588. The second-order valence-electron chi connectivity index (χ2n) is 4.99. The van der Waals surface area contributed by atoms with Gasteiger partial charge in [0.15, 0.2) is 0 Å². The molecule has 1 heterocycles. The van der Waals surface area contributed by atoms with Crippen molar-refractivity contribution in [1.82, 2.24) is 4.98 Å². The first-order chi connectivity index (χ1) is 11.1. The number of rotatable bonds is 3. The molecule has 3 rings (SSSR count). The van der Waals surface area contributed by atoms with Crippen LogP contribution in [0.2, 0.25) is 0 Å². The first-order valence-electron chi connectivity index (χ1n) is 6.95. The summed E-state index contributed by atoms with van der Waals surface area (Å²) in [6.45, 7) is 0. The standard InChI is InChI=1S/C17H15N3O3/c1-23-14-9-11-5-3-2-4-10(11)8-12(14)16(21)20-15-13(18)6-7-19-17(15)22/h2-9H,1H3,(H,20,21)(H3,18,19,22). The number of aromatic nitrogens is 1. The van der Waals surface area contributed by atoms with Crippen molar-refractivity contribution in [2.45, 2.75) is 0 Å². The molecule has 116 valence electrons. The smallest absolute Gasteiger partial charge is 0.273 e. The van der Waals surface area contributed by atoms with Crippen LogP contribution in [-0.4, -0.2) is 18.0 Å². The molecule has 0 aliphatic carbocycles. The molecular weight excluding hydrogens is 294 g/mol. The van der Waals surface area contributed by atoms with Crippen LogP contribution < -0.4 is 21.3 Å². The Morgan fingerprint density at radius 2 is 1.87 bits per heavy atom. The van der Waals surface area contributed by atoms with E-state index in [1.807, 2.05) is 24.3 Å². The number of fused-ring (bicyclic) bond motifs is 1. The van der Waals surface area contributed by atoms with Crippen LogP contribution in [0, 0.1) is 0 Å². The van der Waals surface area contributed by atoms with Crippen molar-refractivity contribution in [2.24, 2.45) is 0 Å². The van der Waals surface area contributed by atoms with Gasteiger partial charge in [-0.15, -0.1) is 0 Å². The second kappa shape index (κ2) is 5.84. The molecule has 0 bridgehead atoms. The minimum absolute atomic E-state index is 0.0210. The minimum Gasteiger partial charge on any atom is -0.496 e. The summed E-state index contributed by atoms with van der Waals surface area (Å²) in [7, 11) is 1.49. The minimum atomic E-state index is -0.462. The van der Waals surface area contributed by atoms with Crippen molar-refractivity contribution in [3.63, 3.8) is 0 Å². The lowest BCUT2D eigenvalue weighted by Gasteiger charge is -2.11. The zero-order valence-corrected chi connectivity index (χ0v) is 12.4. The molecule has 1 aromatic heterocycles. The van der Waals surface area contributed by atoms with Gasteiger partial charge in [0.05, 0.1) is 18.4 Å². The largest absolute Gasteiger partial charge is 0.496 e. The monoisotopic (exact) mass is 309 g/mol. The van der Waals surface area contributed by atoms with Gasteiger partial charge in [0.25, 0.3) is 11.5 Å². The molecule has 0 saturated carbocycles. The van der Waals surface area contributed by atoms with Gasteiger partial charge < -0.3 is 20.8 Å². The number of hydrogen-bond donors (Lipinski definition) is 3. The van der Waals surface area contributed by atoms with Crippen LogP contribution in [0.5, 0.6) is 5.75 Å². The van der Waals surface area contributed by atoms with E-state index >= 15 is 0 Å². The number of ether oxygens (including phenoxy) is 1. The van der Waals surface area contributed by atoms with Gasteiger partial charge in [-0.05, 0) is 29.0 Å². The molecular formula is C17H15N3O3. The number of carbonyl (C=O) groups is 1. The molecule has 0 radical (unpaired) electrons. The van der Waals surface area contributed by atoms with Gasteiger partial charge in [0.1, 0.15) is 11.4 Å². The fourth-order valence-electron chi connectivity index (χ4n) is 2.37. The van der Waals surface area contributed by atoms with Gasteiger partial charge in [-0.1, -0.05) is 24.3 Å². The van der Waals surface area contributed by atoms with Gasteiger partial charge in [0.2, 0.25) is 0 Å². The van der Waals surface area contributed by atoms with E-state index in [0.29, 0.717) is 11.3 Å². The average molecular weight is 309 g/mol. The number of anilines is 2. The molecule has 6 nitrogen and oxygen atoms in total. The van der Waals surface area contributed by atoms with Gasteiger partial charge in [-0.25, -0.2) is 0 Å². The lowest BCUT2D eigenvalue weighted by Crippen LogP contribution is -2.21. The van der Waals surface area contributed by atoms with Crippen molar-refractivity contribution in [3.8, 4) is 5.75 Å². The molecule has 0 atom stereocenters. The number of aromatic amines is 1.